The summed E-state index contributed by atoms with van der Waals surface area (Å²) in [5, 5.41) is 0. The molecule has 1 aromatic rings. The molecule has 0 aliphatic heterocycles. The summed E-state index contributed by atoms with van der Waals surface area (Å²) in [7, 11) is 0. The first-order chi connectivity index (χ1) is 11.3. The molecule has 0 aliphatic rings. The molecule has 0 N–H and O–H groups in total. The van der Waals surface area contributed by atoms with Crippen molar-refractivity contribution in [3.8, 4) is 0 Å². The molecule has 2 nitrogen and oxygen atoms in total. The fourth-order valence-corrected chi connectivity index (χ4v) is 2.97. The van der Waals surface area contributed by atoms with E-state index < -0.39 is 6.17 Å². The number of alkyl halides is 1. The van der Waals surface area contributed by atoms with Crippen LogP contribution in [-0.4, -0.2) is 11.2 Å². The molecule has 0 spiro atoms. The zero-order valence-corrected chi connectivity index (χ0v) is 15.1. The summed E-state index contributed by atoms with van der Waals surface area (Å²) in [5.41, 5.74) is 0. The highest BCUT2D eigenvalue weighted by molar-refractivity contribution is 4.69. The minimum Gasteiger partial charge on any atom is -0.247 e. The predicted octanol–water partition coefficient (Wildman–Crippen LogP) is 5.80. The van der Waals surface area contributed by atoms with Crippen molar-refractivity contribution >= 4 is 0 Å². The number of hydrogen-bond donors (Lipinski definition) is 0. The van der Waals surface area contributed by atoms with Crippen LogP contribution >= 0.6 is 0 Å². The van der Waals surface area contributed by atoms with E-state index in [4.69, 9.17) is 0 Å². The first kappa shape index (κ1) is 20.1. The molecule has 0 fully saturated rings. The van der Waals surface area contributed by atoms with E-state index in [1.54, 1.807) is 6.20 Å². The maximum absolute atomic E-state index is 13.8. The third kappa shape index (κ3) is 12.1. The highest BCUT2D eigenvalue weighted by Crippen LogP contribution is 2.15. The molecule has 1 heterocycles. The number of halogens is 1. The molecule has 0 saturated heterocycles. The van der Waals surface area contributed by atoms with Crippen LogP contribution in [0.3, 0.4) is 0 Å². The third-order valence-electron chi connectivity index (χ3n) is 4.47. The Kier molecular flexibility index (Phi) is 12.7. The summed E-state index contributed by atoms with van der Waals surface area (Å²) in [6.07, 6.45) is 20.2. The highest BCUT2D eigenvalue weighted by atomic mass is 19.1. The van der Waals surface area contributed by atoms with Crippen LogP contribution in [0.1, 0.15) is 90.4 Å². The van der Waals surface area contributed by atoms with Gasteiger partial charge < -0.3 is 0 Å². The predicted molar refractivity (Wildman–Crippen MR) is 95.0 cm³/mol. The first-order valence-electron chi connectivity index (χ1n) is 9.76. The van der Waals surface area contributed by atoms with E-state index in [0.29, 0.717) is 0 Å². The number of rotatable bonds is 15. The molecule has 132 valence electrons. The Hall–Kier alpha value is -0.990. The summed E-state index contributed by atoms with van der Waals surface area (Å²) in [6, 6.07) is 1.93. The zero-order valence-electron chi connectivity index (χ0n) is 15.1. The van der Waals surface area contributed by atoms with Gasteiger partial charge in [0.1, 0.15) is 12.4 Å². The molecule has 1 atom stereocenters. The van der Waals surface area contributed by atoms with Crippen LogP contribution in [0.4, 0.5) is 4.39 Å². The fraction of sp³-hybridized carbons (Fsp3) is 0.800. The number of aryl methyl sites for hydroxylation is 1. The minimum atomic E-state index is -0.599. The molecule has 0 radical (unpaired) electrons. The average molecular weight is 324 g/mol. The fourth-order valence-electron chi connectivity index (χ4n) is 2.97. The maximum Gasteiger partial charge on any atom is 0.286 e. The highest BCUT2D eigenvalue weighted by Gasteiger charge is 2.06. The van der Waals surface area contributed by atoms with E-state index in [9.17, 15) is 4.39 Å². The van der Waals surface area contributed by atoms with Crippen molar-refractivity contribution in [3.05, 3.63) is 24.8 Å². The lowest BCUT2D eigenvalue weighted by molar-refractivity contribution is -0.700. The second kappa shape index (κ2) is 14.6. The van der Waals surface area contributed by atoms with Crippen LogP contribution in [0.2, 0.25) is 0 Å². The van der Waals surface area contributed by atoms with Crippen LogP contribution < -0.4 is 4.57 Å². The Morgan fingerprint density at radius 2 is 1.48 bits per heavy atom. The molecule has 23 heavy (non-hydrogen) atoms. The van der Waals surface area contributed by atoms with Crippen LogP contribution in [0.25, 0.3) is 0 Å². The van der Waals surface area contributed by atoms with Crippen LogP contribution in [-0.2, 0) is 6.54 Å². The smallest absolute Gasteiger partial charge is 0.247 e. The topological polar surface area (TPSA) is 16.8 Å². The van der Waals surface area contributed by atoms with Crippen molar-refractivity contribution in [2.75, 3.05) is 0 Å². The molecule has 3 heteroatoms. The van der Waals surface area contributed by atoms with Crippen molar-refractivity contribution in [1.82, 2.24) is 4.98 Å². The van der Waals surface area contributed by atoms with Crippen molar-refractivity contribution < 1.29 is 8.96 Å². The van der Waals surface area contributed by atoms with Crippen molar-refractivity contribution in [2.45, 2.75) is 103 Å². The molecule has 1 rings (SSSR count). The molecule has 0 aliphatic carbocycles. The average Bonchev–Trinajstić information content (AvgIpc) is 2.58. The second-order valence-electron chi connectivity index (χ2n) is 6.70. The lowest BCUT2D eigenvalue weighted by Crippen LogP contribution is -2.33. The molecular weight excluding hydrogens is 287 g/mol. The van der Waals surface area contributed by atoms with E-state index in [1.165, 1.54) is 51.4 Å². The Morgan fingerprint density at radius 1 is 0.870 bits per heavy atom. The van der Waals surface area contributed by atoms with Crippen molar-refractivity contribution in [2.24, 2.45) is 0 Å². The first-order valence-corrected chi connectivity index (χ1v) is 9.76. The second-order valence-corrected chi connectivity index (χ2v) is 6.70. The van der Waals surface area contributed by atoms with Gasteiger partial charge in [-0.05, 0) is 25.7 Å². The minimum absolute atomic E-state index is 0.599. The Morgan fingerprint density at radius 3 is 2.09 bits per heavy atom. The Bertz CT molecular complexity index is 356. The van der Waals surface area contributed by atoms with Gasteiger partial charge in [0.25, 0.3) is 6.33 Å². The van der Waals surface area contributed by atoms with Gasteiger partial charge in [-0.3, -0.25) is 0 Å². The van der Waals surface area contributed by atoms with E-state index in [2.05, 4.69) is 16.5 Å². The lowest BCUT2D eigenvalue weighted by Gasteiger charge is -2.08. The quantitative estimate of drug-likeness (QED) is 0.294. The summed E-state index contributed by atoms with van der Waals surface area (Å²) < 4.78 is 15.9. The summed E-state index contributed by atoms with van der Waals surface area (Å²) in [6.45, 7) is 3.20. The molecular formula is C20H36FN2+. The monoisotopic (exact) mass is 323 g/mol. The number of hydrogen-bond acceptors (Lipinski definition) is 1. The van der Waals surface area contributed by atoms with Gasteiger partial charge in [0.2, 0.25) is 0 Å². The van der Waals surface area contributed by atoms with Gasteiger partial charge in [-0.15, -0.1) is 0 Å². The standard InChI is InChI=1S/C20H36FN2/c1-2-3-4-5-6-7-8-9-10-14-20(21)15-11-12-17-23-18-13-16-22-19-23/h13,16,18-20H,2-12,14-15,17H2,1H3/q+1. The zero-order chi connectivity index (χ0) is 16.6. The molecule has 1 unspecified atom stereocenters. The number of nitrogens with zero attached hydrogens (tertiary/aromatic N) is 2. The van der Waals surface area contributed by atoms with Crippen LogP contribution in [0.5, 0.6) is 0 Å². The Labute approximate surface area is 142 Å². The summed E-state index contributed by atoms with van der Waals surface area (Å²) >= 11 is 0. The van der Waals surface area contributed by atoms with E-state index >= 15 is 0 Å². The van der Waals surface area contributed by atoms with Gasteiger partial charge in [-0.2, -0.15) is 0 Å². The molecule has 1 aromatic heterocycles. The van der Waals surface area contributed by atoms with E-state index in [1.807, 2.05) is 18.6 Å². The normalized spacial score (nSPS) is 12.4. The van der Waals surface area contributed by atoms with Gasteiger partial charge in [-0.25, -0.2) is 8.96 Å². The van der Waals surface area contributed by atoms with Gasteiger partial charge in [-0.1, -0.05) is 69.7 Å². The lowest BCUT2D eigenvalue weighted by atomic mass is 10.0. The number of aromatic nitrogens is 2. The van der Waals surface area contributed by atoms with Gasteiger partial charge in [0.05, 0.1) is 12.7 Å². The van der Waals surface area contributed by atoms with Crippen molar-refractivity contribution in [3.63, 3.8) is 0 Å². The third-order valence-corrected chi connectivity index (χ3v) is 4.47. The van der Waals surface area contributed by atoms with Crippen molar-refractivity contribution in [1.29, 1.82) is 0 Å². The largest absolute Gasteiger partial charge is 0.286 e. The molecule has 0 aromatic carbocycles. The number of unbranched alkanes of at least 4 members (excludes halogenated alkanes) is 9. The van der Waals surface area contributed by atoms with Crippen LogP contribution in [0.15, 0.2) is 24.8 Å². The molecule has 0 amide bonds. The van der Waals surface area contributed by atoms with E-state index in [0.717, 1.165) is 38.6 Å². The van der Waals surface area contributed by atoms with Gasteiger partial charge >= 0.3 is 0 Å². The SMILES string of the molecule is CCCCCCCCCCCC(F)CCCC[n+]1cccnc1. The van der Waals surface area contributed by atoms with Crippen LogP contribution in [0, 0.1) is 0 Å². The summed E-state index contributed by atoms with van der Waals surface area (Å²) in [5.74, 6) is 0. The van der Waals surface area contributed by atoms with Gasteiger partial charge in [0, 0.05) is 6.07 Å². The summed E-state index contributed by atoms with van der Waals surface area (Å²) in [4.78, 5) is 4.07. The Balaban J connectivity index is 1.84. The van der Waals surface area contributed by atoms with Gasteiger partial charge in [0.15, 0.2) is 0 Å². The maximum atomic E-state index is 13.8. The molecule has 0 saturated carbocycles. The van der Waals surface area contributed by atoms with E-state index in [-0.39, 0.29) is 0 Å². The molecule has 0 bridgehead atoms.